The van der Waals surface area contributed by atoms with Crippen molar-refractivity contribution >= 4 is 27.3 Å². The lowest BCUT2D eigenvalue weighted by Gasteiger charge is -2.15. The molecular formula is C17H22BrNS. The molecule has 1 atom stereocenters. The van der Waals surface area contributed by atoms with Gasteiger partial charge in [0.2, 0.25) is 0 Å². The SMILES string of the molecule is CCCC(NCC)c1ccc(-c2cc(Br)ccc2C)s1. The molecule has 0 amide bonds. The van der Waals surface area contributed by atoms with Gasteiger partial charge in [-0.15, -0.1) is 11.3 Å². The summed E-state index contributed by atoms with van der Waals surface area (Å²) >= 11 is 5.48. The Balaban J connectivity index is 2.29. The second-order valence-electron chi connectivity index (χ2n) is 5.06. The molecule has 0 spiro atoms. The molecule has 1 nitrogen and oxygen atoms in total. The molecule has 1 N–H and O–H groups in total. The highest BCUT2D eigenvalue weighted by Crippen LogP contribution is 2.35. The number of rotatable bonds is 6. The summed E-state index contributed by atoms with van der Waals surface area (Å²) in [6.45, 7) is 7.62. The molecule has 3 heteroatoms. The van der Waals surface area contributed by atoms with E-state index in [9.17, 15) is 0 Å². The molecule has 2 aromatic rings. The van der Waals surface area contributed by atoms with Gasteiger partial charge in [-0.25, -0.2) is 0 Å². The largest absolute Gasteiger partial charge is 0.310 e. The van der Waals surface area contributed by atoms with Crippen LogP contribution in [0.25, 0.3) is 10.4 Å². The molecule has 108 valence electrons. The van der Waals surface area contributed by atoms with E-state index in [-0.39, 0.29) is 0 Å². The van der Waals surface area contributed by atoms with Gasteiger partial charge in [-0.1, -0.05) is 42.3 Å². The topological polar surface area (TPSA) is 12.0 Å². The molecule has 1 aromatic heterocycles. The Hall–Kier alpha value is -0.640. The van der Waals surface area contributed by atoms with E-state index < -0.39 is 0 Å². The second kappa shape index (κ2) is 7.39. The van der Waals surface area contributed by atoms with E-state index in [0.29, 0.717) is 6.04 Å². The Bertz CT molecular complexity index is 556. The molecular weight excluding hydrogens is 330 g/mol. The Morgan fingerprint density at radius 2 is 2.00 bits per heavy atom. The van der Waals surface area contributed by atoms with E-state index in [2.05, 4.69) is 72.3 Å². The lowest BCUT2D eigenvalue weighted by Crippen LogP contribution is -2.19. The van der Waals surface area contributed by atoms with Gasteiger partial charge in [0.05, 0.1) is 0 Å². The van der Waals surface area contributed by atoms with Crippen LogP contribution in [0.15, 0.2) is 34.8 Å². The van der Waals surface area contributed by atoms with Gasteiger partial charge in [0.25, 0.3) is 0 Å². The first-order valence-corrected chi connectivity index (χ1v) is 8.86. The molecule has 2 rings (SSSR count). The summed E-state index contributed by atoms with van der Waals surface area (Å²) in [5, 5.41) is 3.59. The normalized spacial score (nSPS) is 12.6. The quantitative estimate of drug-likeness (QED) is 0.679. The summed E-state index contributed by atoms with van der Waals surface area (Å²) in [5.74, 6) is 0. The Morgan fingerprint density at radius 3 is 2.70 bits per heavy atom. The molecule has 0 aliphatic rings. The zero-order valence-corrected chi connectivity index (χ0v) is 14.8. The minimum atomic E-state index is 0.496. The van der Waals surface area contributed by atoms with Crippen LogP contribution < -0.4 is 5.32 Å². The van der Waals surface area contributed by atoms with Crippen molar-refractivity contribution < 1.29 is 0 Å². The fourth-order valence-corrected chi connectivity index (χ4v) is 3.99. The van der Waals surface area contributed by atoms with Crippen molar-refractivity contribution in [3.05, 3.63) is 45.2 Å². The van der Waals surface area contributed by atoms with E-state index in [1.54, 1.807) is 0 Å². The predicted octanol–water partition coefficient (Wildman–Crippen LogP) is 5.94. The minimum Gasteiger partial charge on any atom is -0.310 e. The number of aryl methyl sites for hydroxylation is 1. The van der Waals surface area contributed by atoms with E-state index in [1.165, 1.54) is 33.7 Å². The summed E-state index contributed by atoms with van der Waals surface area (Å²) in [5.41, 5.74) is 2.67. The molecule has 1 heterocycles. The Morgan fingerprint density at radius 1 is 1.20 bits per heavy atom. The fourth-order valence-electron chi connectivity index (χ4n) is 2.42. The highest BCUT2D eigenvalue weighted by molar-refractivity contribution is 9.10. The summed E-state index contributed by atoms with van der Waals surface area (Å²) in [4.78, 5) is 2.81. The van der Waals surface area contributed by atoms with Crippen molar-refractivity contribution in [2.45, 2.75) is 39.7 Å². The predicted molar refractivity (Wildman–Crippen MR) is 93.5 cm³/mol. The smallest absolute Gasteiger partial charge is 0.0414 e. The molecule has 0 radical (unpaired) electrons. The lowest BCUT2D eigenvalue weighted by molar-refractivity contribution is 0.516. The molecule has 0 bridgehead atoms. The van der Waals surface area contributed by atoms with Gasteiger partial charge in [0.15, 0.2) is 0 Å². The van der Waals surface area contributed by atoms with Crippen LogP contribution in [-0.4, -0.2) is 6.54 Å². The third kappa shape index (κ3) is 3.72. The molecule has 20 heavy (non-hydrogen) atoms. The highest BCUT2D eigenvalue weighted by Gasteiger charge is 2.13. The first kappa shape index (κ1) is 15.7. The zero-order chi connectivity index (χ0) is 14.5. The number of hydrogen-bond acceptors (Lipinski definition) is 2. The standard InChI is InChI=1S/C17H22BrNS/c1-4-6-15(19-5-2)17-10-9-16(20-17)14-11-13(18)8-7-12(14)3/h7-11,15,19H,4-6H2,1-3H3. The lowest BCUT2D eigenvalue weighted by atomic mass is 10.1. The molecule has 0 saturated carbocycles. The van der Waals surface area contributed by atoms with Crippen LogP contribution in [0.2, 0.25) is 0 Å². The van der Waals surface area contributed by atoms with Crippen molar-refractivity contribution in [2.75, 3.05) is 6.54 Å². The van der Waals surface area contributed by atoms with Gasteiger partial charge in [0.1, 0.15) is 0 Å². The Kier molecular flexibility index (Phi) is 5.82. The molecule has 1 unspecified atom stereocenters. The van der Waals surface area contributed by atoms with Crippen molar-refractivity contribution in [1.29, 1.82) is 0 Å². The third-order valence-corrected chi connectivity index (χ3v) is 5.19. The highest BCUT2D eigenvalue weighted by atomic mass is 79.9. The maximum Gasteiger partial charge on any atom is 0.0414 e. The monoisotopic (exact) mass is 351 g/mol. The van der Waals surface area contributed by atoms with Gasteiger partial charge in [0, 0.05) is 20.3 Å². The summed E-state index contributed by atoms with van der Waals surface area (Å²) in [6.07, 6.45) is 2.41. The summed E-state index contributed by atoms with van der Waals surface area (Å²) in [6, 6.07) is 11.5. The van der Waals surface area contributed by atoms with E-state index >= 15 is 0 Å². The zero-order valence-electron chi connectivity index (χ0n) is 12.4. The second-order valence-corrected chi connectivity index (χ2v) is 7.09. The molecule has 1 aromatic carbocycles. The summed E-state index contributed by atoms with van der Waals surface area (Å²) < 4.78 is 1.14. The Labute approximate surface area is 134 Å². The van der Waals surface area contributed by atoms with Gasteiger partial charge < -0.3 is 5.32 Å². The molecule has 0 fully saturated rings. The van der Waals surface area contributed by atoms with Gasteiger partial charge >= 0.3 is 0 Å². The number of halogens is 1. The van der Waals surface area contributed by atoms with Gasteiger partial charge in [-0.05, 0) is 55.3 Å². The maximum absolute atomic E-state index is 3.59. The number of hydrogen-bond donors (Lipinski definition) is 1. The van der Waals surface area contributed by atoms with E-state index in [0.717, 1.165) is 11.0 Å². The van der Waals surface area contributed by atoms with Crippen LogP contribution in [0.5, 0.6) is 0 Å². The molecule has 0 saturated heterocycles. The van der Waals surface area contributed by atoms with Crippen molar-refractivity contribution in [3.8, 4) is 10.4 Å². The minimum absolute atomic E-state index is 0.496. The van der Waals surface area contributed by atoms with Crippen LogP contribution in [0, 0.1) is 6.92 Å². The number of nitrogens with one attached hydrogen (secondary N) is 1. The average Bonchev–Trinajstić information content (AvgIpc) is 2.91. The van der Waals surface area contributed by atoms with Crippen LogP contribution in [0.3, 0.4) is 0 Å². The molecule has 0 aliphatic carbocycles. The fraction of sp³-hybridized carbons (Fsp3) is 0.412. The molecule has 0 aliphatic heterocycles. The van der Waals surface area contributed by atoms with Crippen LogP contribution in [0.4, 0.5) is 0 Å². The summed E-state index contributed by atoms with van der Waals surface area (Å²) in [7, 11) is 0. The van der Waals surface area contributed by atoms with Gasteiger partial charge in [-0.3, -0.25) is 0 Å². The van der Waals surface area contributed by atoms with Crippen molar-refractivity contribution in [1.82, 2.24) is 5.32 Å². The van der Waals surface area contributed by atoms with Crippen LogP contribution in [-0.2, 0) is 0 Å². The van der Waals surface area contributed by atoms with Crippen molar-refractivity contribution in [3.63, 3.8) is 0 Å². The van der Waals surface area contributed by atoms with Gasteiger partial charge in [-0.2, -0.15) is 0 Å². The van der Waals surface area contributed by atoms with E-state index in [1.807, 2.05) is 11.3 Å². The van der Waals surface area contributed by atoms with Crippen LogP contribution in [0.1, 0.15) is 43.2 Å². The first-order valence-electron chi connectivity index (χ1n) is 7.25. The number of benzene rings is 1. The van der Waals surface area contributed by atoms with Crippen molar-refractivity contribution in [2.24, 2.45) is 0 Å². The third-order valence-electron chi connectivity index (χ3n) is 3.46. The average molecular weight is 352 g/mol. The first-order chi connectivity index (χ1) is 9.65. The maximum atomic E-state index is 3.59. The van der Waals surface area contributed by atoms with Crippen LogP contribution >= 0.6 is 27.3 Å². The van der Waals surface area contributed by atoms with E-state index in [4.69, 9.17) is 0 Å². The number of thiophene rings is 1.